The molecule has 0 unspecified atom stereocenters. The van der Waals surface area contributed by atoms with E-state index in [1.54, 1.807) is 0 Å². The Kier molecular flexibility index (Phi) is 3.13. The van der Waals surface area contributed by atoms with Gasteiger partial charge in [-0.15, -0.1) is 0 Å². The summed E-state index contributed by atoms with van der Waals surface area (Å²) >= 11 is 6.14. The van der Waals surface area contributed by atoms with Gasteiger partial charge in [0.25, 0.3) is 0 Å². The molecule has 0 aliphatic carbocycles. The molecule has 3 aromatic rings. The molecule has 1 N–H and O–H groups in total. The number of para-hydroxylation sites is 3. The molecule has 0 radical (unpaired) electrons. The maximum absolute atomic E-state index is 6.14. The maximum Gasteiger partial charge on any atom is 0.108 e. The van der Waals surface area contributed by atoms with Gasteiger partial charge in [0.05, 0.1) is 28.4 Å². The smallest absolute Gasteiger partial charge is 0.108 e. The third-order valence-electron chi connectivity index (χ3n) is 3.15. The van der Waals surface area contributed by atoms with Crippen molar-refractivity contribution in [1.29, 1.82) is 0 Å². The number of aryl methyl sites for hydroxylation is 1. The Hall–Kier alpha value is -2.00. The van der Waals surface area contributed by atoms with Gasteiger partial charge < -0.3 is 9.88 Å². The summed E-state index contributed by atoms with van der Waals surface area (Å²) in [5.74, 6) is 0.987. The summed E-state index contributed by atoms with van der Waals surface area (Å²) in [4.78, 5) is 4.54. The van der Waals surface area contributed by atoms with Gasteiger partial charge in [-0.25, -0.2) is 4.98 Å². The minimum absolute atomic E-state index is 0.649. The van der Waals surface area contributed by atoms with E-state index in [9.17, 15) is 0 Å². The second kappa shape index (κ2) is 4.94. The fourth-order valence-corrected chi connectivity index (χ4v) is 2.37. The topological polar surface area (TPSA) is 29.9 Å². The predicted molar refractivity (Wildman–Crippen MR) is 79.5 cm³/mol. The van der Waals surface area contributed by atoms with Crippen molar-refractivity contribution in [1.82, 2.24) is 9.55 Å². The molecule has 1 aromatic heterocycles. The summed E-state index contributed by atoms with van der Waals surface area (Å²) in [5, 5.41) is 4.07. The second-order valence-electron chi connectivity index (χ2n) is 4.39. The first-order valence-electron chi connectivity index (χ1n) is 6.16. The van der Waals surface area contributed by atoms with Gasteiger partial charge in [0.1, 0.15) is 5.82 Å². The Labute approximate surface area is 116 Å². The molecule has 0 spiro atoms. The van der Waals surface area contributed by atoms with Gasteiger partial charge in [0.2, 0.25) is 0 Å². The molecule has 3 nitrogen and oxygen atoms in total. The lowest BCUT2D eigenvalue weighted by atomic mass is 10.3. The number of hydrogen-bond acceptors (Lipinski definition) is 2. The molecule has 0 amide bonds. The number of imidazole rings is 1. The van der Waals surface area contributed by atoms with Crippen molar-refractivity contribution in [3.63, 3.8) is 0 Å². The highest BCUT2D eigenvalue weighted by atomic mass is 35.5. The first kappa shape index (κ1) is 12.1. The van der Waals surface area contributed by atoms with Crippen molar-refractivity contribution < 1.29 is 0 Å². The lowest BCUT2D eigenvalue weighted by Gasteiger charge is -2.11. The second-order valence-corrected chi connectivity index (χ2v) is 4.80. The van der Waals surface area contributed by atoms with E-state index in [0.717, 1.165) is 27.6 Å². The van der Waals surface area contributed by atoms with Gasteiger partial charge in [0, 0.05) is 0 Å². The van der Waals surface area contributed by atoms with Crippen LogP contribution in [0.4, 0.5) is 5.69 Å². The zero-order chi connectivity index (χ0) is 13.2. The van der Waals surface area contributed by atoms with E-state index in [0.29, 0.717) is 6.67 Å². The molecule has 0 saturated heterocycles. The Balaban J connectivity index is 1.90. The molecule has 0 bridgehead atoms. The summed E-state index contributed by atoms with van der Waals surface area (Å²) < 4.78 is 2.14. The fraction of sp³-hybridized carbons (Fsp3) is 0.133. The Morgan fingerprint density at radius 2 is 1.84 bits per heavy atom. The molecule has 0 atom stereocenters. The third kappa shape index (κ3) is 2.29. The average Bonchev–Trinajstić information content (AvgIpc) is 2.74. The van der Waals surface area contributed by atoms with Gasteiger partial charge >= 0.3 is 0 Å². The molecular weight excluding hydrogens is 258 g/mol. The predicted octanol–water partition coefficient (Wildman–Crippen LogP) is 4.07. The monoisotopic (exact) mass is 271 g/mol. The number of aromatic nitrogens is 2. The van der Waals surface area contributed by atoms with Crippen LogP contribution in [0.3, 0.4) is 0 Å². The van der Waals surface area contributed by atoms with Crippen molar-refractivity contribution in [2.24, 2.45) is 0 Å². The van der Waals surface area contributed by atoms with Crippen molar-refractivity contribution >= 4 is 28.3 Å². The number of anilines is 1. The lowest BCUT2D eigenvalue weighted by Crippen LogP contribution is -2.09. The van der Waals surface area contributed by atoms with E-state index in [-0.39, 0.29) is 0 Å². The zero-order valence-electron chi connectivity index (χ0n) is 10.6. The summed E-state index contributed by atoms with van der Waals surface area (Å²) in [6.07, 6.45) is 0. The quantitative estimate of drug-likeness (QED) is 0.778. The van der Waals surface area contributed by atoms with Crippen LogP contribution in [0, 0.1) is 6.92 Å². The maximum atomic E-state index is 6.14. The van der Waals surface area contributed by atoms with Crippen molar-refractivity contribution in [3.8, 4) is 0 Å². The molecule has 19 heavy (non-hydrogen) atoms. The Morgan fingerprint density at radius 3 is 2.68 bits per heavy atom. The molecule has 1 heterocycles. The molecule has 0 fully saturated rings. The van der Waals surface area contributed by atoms with Gasteiger partial charge in [-0.3, -0.25) is 0 Å². The number of benzene rings is 2. The fourth-order valence-electron chi connectivity index (χ4n) is 2.16. The van der Waals surface area contributed by atoms with E-state index < -0.39 is 0 Å². The molecule has 96 valence electrons. The summed E-state index contributed by atoms with van der Waals surface area (Å²) in [7, 11) is 0. The van der Waals surface area contributed by atoms with Crippen molar-refractivity contribution in [2.75, 3.05) is 5.32 Å². The van der Waals surface area contributed by atoms with Crippen LogP contribution in [-0.4, -0.2) is 9.55 Å². The van der Waals surface area contributed by atoms with Crippen molar-refractivity contribution in [2.45, 2.75) is 13.6 Å². The minimum Gasteiger partial charge on any atom is -0.366 e. The van der Waals surface area contributed by atoms with E-state index in [1.807, 2.05) is 49.4 Å². The number of rotatable bonds is 3. The number of fused-ring (bicyclic) bond motifs is 1. The molecule has 3 rings (SSSR count). The highest BCUT2D eigenvalue weighted by molar-refractivity contribution is 6.33. The molecule has 4 heteroatoms. The van der Waals surface area contributed by atoms with Crippen LogP contribution < -0.4 is 5.32 Å². The number of hydrogen-bond donors (Lipinski definition) is 1. The highest BCUT2D eigenvalue weighted by Gasteiger charge is 2.06. The van der Waals surface area contributed by atoms with E-state index in [2.05, 4.69) is 20.9 Å². The molecule has 0 aliphatic rings. The average molecular weight is 272 g/mol. The van der Waals surface area contributed by atoms with Gasteiger partial charge in [-0.05, 0) is 31.2 Å². The SMILES string of the molecule is Cc1nc2ccccc2n1CNc1ccccc1Cl. The van der Waals surface area contributed by atoms with Crippen LogP contribution in [0.5, 0.6) is 0 Å². The number of halogens is 1. The molecule has 2 aromatic carbocycles. The highest BCUT2D eigenvalue weighted by Crippen LogP contribution is 2.21. The van der Waals surface area contributed by atoms with Gasteiger partial charge in [0.15, 0.2) is 0 Å². The lowest BCUT2D eigenvalue weighted by molar-refractivity contribution is 0.765. The Morgan fingerprint density at radius 1 is 1.11 bits per heavy atom. The third-order valence-corrected chi connectivity index (χ3v) is 3.48. The van der Waals surface area contributed by atoms with E-state index >= 15 is 0 Å². The summed E-state index contributed by atoms with van der Waals surface area (Å²) in [5.41, 5.74) is 3.07. The van der Waals surface area contributed by atoms with Gasteiger partial charge in [-0.2, -0.15) is 0 Å². The normalized spacial score (nSPS) is 10.8. The van der Waals surface area contributed by atoms with Crippen LogP contribution in [0.15, 0.2) is 48.5 Å². The number of nitrogens with zero attached hydrogens (tertiary/aromatic N) is 2. The van der Waals surface area contributed by atoms with Crippen LogP contribution in [-0.2, 0) is 6.67 Å². The number of nitrogens with one attached hydrogen (secondary N) is 1. The summed E-state index contributed by atoms with van der Waals surface area (Å²) in [6, 6.07) is 15.9. The van der Waals surface area contributed by atoms with Crippen LogP contribution in [0.25, 0.3) is 11.0 Å². The molecular formula is C15H14ClN3. The van der Waals surface area contributed by atoms with Crippen LogP contribution in [0.1, 0.15) is 5.82 Å². The Bertz CT molecular complexity index is 718. The molecule has 0 aliphatic heterocycles. The largest absolute Gasteiger partial charge is 0.366 e. The summed E-state index contributed by atoms with van der Waals surface area (Å²) in [6.45, 7) is 2.66. The van der Waals surface area contributed by atoms with Crippen molar-refractivity contribution in [3.05, 3.63) is 59.4 Å². The van der Waals surface area contributed by atoms with Gasteiger partial charge in [-0.1, -0.05) is 35.9 Å². The van der Waals surface area contributed by atoms with E-state index in [1.165, 1.54) is 0 Å². The van der Waals surface area contributed by atoms with Crippen LogP contribution in [0.2, 0.25) is 5.02 Å². The standard InChI is InChI=1S/C15H14ClN3/c1-11-18-14-8-4-5-9-15(14)19(11)10-17-13-7-3-2-6-12(13)16/h2-9,17H,10H2,1H3. The zero-order valence-corrected chi connectivity index (χ0v) is 11.4. The van der Waals surface area contributed by atoms with Crippen LogP contribution >= 0.6 is 11.6 Å². The minimum atomic E-state index is 0.649. The first-order valence-corrected chi connectivity index (χ1v) is 6.54. The first-order chi connectivity index (χ1) is 9.25. The van der Waals surface area contributed by atoms with E-state index in [4.69, 9.17) is 11.6 Å². The molecule has 0 saturated carbocycles.